The molecule has 3 atom stereocenters. The van der Waals surface area contributed by atoms with Gasteiger partial charge in [-0.05, 0) is 44.2 Å². The van der Waals surface area contributed by atoms with Crippen LogP contribution in [-0.2, 0) is 0 Å². The minimum absolute atomic E-state index is 0.123. The molecule has 3 unspecified atom stereocenters. The molecule has 0 radical (unpaired) electrons. The van der Waals surface area contributed by atoms with E-state index in [1.165, 1.54) is 6.42 Å². The van der Waals surface area contributed by atoms with Crippen molar-refractivity contribution in [2.24, 2.45) is 11.8 Å². The van der Waals surface area contributed by atoms with E-state index >= 15 is 0 Å². The van der Waals surface area contributed by atoms with Crippen molar-refractivity contribution in [3.63, 3.8) is 0 Å². The molecule has 15 heavy (non-hydrogen) atoms. The zero-order chi connectivity index (χ0) is 11.3. The van der Waals surface area contributed by atoms with Crippen LogP contribution in [0.25, 0.3) is 0 Å². The maximum Gasteiger partial charge on any atom is 0.0693 e. The summed E-state index contributed by atoms with van der Waals surface area (Å²) in [6.45, 7) is 7.51. The molecule has 0 aromatic rings. The molecule has 0 aliphatic carbocycles. The second-order valence-corrected chi connectivity index (χ2v) is 5.38. The Morgan fingerprint density at radius 2 is 2.20 bits per heavy atom. The highest BCUT2D eigenvalue weighted by Gasteiger charge is 2.23. The van der Waals surface area contributed by atoms with Gasteiger partial charge in [0.1, 0.15) is 0 Å². The summed E-state index contributed by atoms with van der Waals surface area (Å²) in [6.07, 6.45) is 3.31. The lowest BCUT2D eigenvalue weighted by Crippen LogP contribution is -2.43. The number of hydrogen-bond donors (Lipinski definition) is 1. The van der Waals surface area contributed by atoms with Gasteiger partial charge in [-0.1, -0.05) is 13.8 Å². The smallest absolute Gasteiger partial charge is 0.0693 e. The van der Waals surface area contributed by atoms with Gasteiger partial charge in [0, 0.05) is 12.4 Å². The van der Waals surface area contributed by atoms with Crippen molar-refractivity contribution >= 4 is 11.6 Å². The first-order valence-electron chi connectivity index (χ1n) is 6.10. The van der Waals surface area contributed by atoms with E-state index in [0.717, 1.165) is 38.4 Å². The molecule has 3 heteroatoms. The van der Waals surface area contributed by atoms with E-state index in [1.54, 1.807) is 0 Å². The Bertz CT molecular complexity index is 177. The van der Waals surface area contributed by atoms with Crippen molar-refractivity contribution < 1.29 is 5.11 Å². The number of halogens is 1. The number of alkyl halides is 1. The molecule has 1 saturated heterocycles. The summed E-state index contributed by atoms with van der Waals surface area (Å²) in [6, 6.07) is 0. The number of likely N-dealkylation sites (tertiary alicyclic amines) is 1. The summed E-state index contributed by atoms with van der Waals surface area (Å²) in [7, 11) is 0. The van der Waals surface area contributed by atoms with E-state index in [1.807, 2.05) is 0 Å². The third kappa shape index (κ3) is 4.71. The van der Waals surface area contributed by atoms with E-state index in [9.17, 15) is 5.11 Å². The molecule has 1 aliphatic heterocycles. The van der Waals surface area contributed by atoms with Crippen LogP contribution in [0.15, 0.2) is 0 Å². The summed E-state index contributed by atoms with van der Waals surface area (Å²) in [4.78, 5) is 2.38. The van der Waals surface area contributed by atoms with Gasteiger partial charge < -0.3 is 10.0 Å². The second kappa shape index (κ2) is 6.72. The predicted octanol–water partition coefficient (Wildman–Crippen LogP) is 2.34. The lowest BCUT2D eigenvalue weighted by atomic mass is 9.95. The molecule has 90 valence electrons. The van der Waals surface area contributed by atoms with Crippen LogP contribution in [0, 0.1) is 11.8 Å². The van der Waals surface area contributed by atoms with Crippen LogP contribution in [-0.4, -0.2) is 41.6 Å². The molecule has 1 N–H and O–H groups in total. The standard InChI is InChI=1S/C12H24ClNO/c1-10(3-6-13)4-7-14-8-5-11(2)12(15)9-14/h10-12,15H,3-9H2,1-2H3. The number of β-amino-alcohol motifs (C(OH)–C–C–N with tert-alkyl or cyclic N) is 1. The number of nitrogens with zero attached hydrogens (tertiary/aromatic N) is 1. The molecular formula is C12H24ClNO. The Kier molecular flexibility index (Phi) is 5.95. The zero-order valence-corrected chi connectivity index (χ0v) is 10.7. The number of rotatable bonds is 5. The Morgan fingerprint density at radius 1 is 1.47 bits per heavy atom. The maximum absolute atomic E-state index is 9.75. The maximum atomic E-state index is 9.75. The van der Waals surface area contributed by atoms with Crippen molar-refractivity contribution in [1.29, 1.82) is 0 Å². The lowest BCUT2D eigenvalue weighted by molar-refractivity contribution is 0.0273. The van der Waals surface area contributed by atoms with Gasteiger partial charge in [-0.2, -0.15) is 0 Å². The first kappa shape index (κ1) is 13.3. The monoisotopic (exact) mass is 233 g/mol. The van der Waals surface area contributed by atoms with E-state index in [2.05, 4.69) is 18.7 Å². The molecule has 0 bridgehead atoms. The van der Waals surface area contributed by atoms with E-state index in [-0.39, 0.29) is 6.10 Å². The van der Waals surface area contributed by atoms with Gasteiger partial charge in [0.2, 0.25) is 0 Å². The van der Waals surface area contributed by atoms with Crippen molar-refractivity contribution in [3.8, 4) is 0 Å². The van der Waals surface area contributed by atoms with E-state index in [4.69, 9.17) is 11.6 Å². The fraction of sp³-hybridized carbons (Fsp3) is 1.00. The van der Waals surface area contributed by atoms with Crippen LogP contribution < -0.4 is 0 Å². The zero-order valence-electron chi connectivity index (χ0n) is 9.95. The Labute approximate surface area is 98.6 Å². The fourth-order valence-electron chi connectivity index (χ4n) is 2.05. The summed E-state index contributed by atoms with van der Waals surface area (Å²) in [5.74, 6) is 1.95. The van der Waals surface area contributed by atoms with Crippen LogP contribution in [0.4, 0.5) is 0 Å². The molecule has 2 nitrogen and oxygen atoms in total. The third-order valence-corrected chi connectivity index (χ3v) is 3.76. The largest absolute Gasteiger partial charge is 0.392 e. The summed E-state index contributed by atoms with van der Waals surface area (Å²) in [5, 5.41) is 9.75. The highest BCUT2D eigenvalue weighted by Crippen LogP contribution is 2.18. The minimum atomic E-state index is -0.123. The molecule has 0 spiro atoms. The van der Waals surface area contributed by atoms with Crippen LogP contribution in [0.1, 0.15) is 33.1 Å². The van der Waals surface area contributed by atoms with Crippen LogP contribution in [0.2, 0.25) is 0 Å². The molecule has 0 aromatic heterocycles. The third-order valence-electron chi connectivity index (χ3n) is 3.54. The van der Waals surface area contributed by atoms with Crippen molar-refractivity contribution in [1.82, 2.24) is 4.90 Å². The average Bonchev–Trinajstić information content (AvgIpc) is 2.20. The van der Waals surface area contributed by atoms with Gasteiger partial charge in [-0.3, -0.25) is 0 Å². The van der Waals surface area contributed by atoms with Gasteiger partial charge in [0.15, 0.2) is 0 Å². The van der Waals surface area contributed by atoms with Gasteiger partial charge >= 0.3 is 0 Å². The number of piperidine rings is 1. The molecule has 0 saturated carbocycles. The normalized spacial score (nSPS) is 30.4. The lowest BCUT2D eigenvalue weighted by Gasteiger charge is -2.34. The van der Waals surface area contributed by atoms with Crippen molar-refractivity contribution in [2.75, 3.05) is 25.5 Å². The van der Waals surface area contributed by atoms with Gasteiger partial charge in [0.05, 0.1) is 6.10 Å². The van der Waals surface area contributed by atoms with Gasteiger partial charge in [-0.15, -0.1) is 11.6 Å². The van der Waals surface area contributed by atoms with Crippen molar-refractivity contribution in [3.05, 3.63) is 0 Å². The van der Waals surface area contributed by atoms with Crippen LogP contribution in [0.3, 0.4) is 0 Å². The Hall–Kier alpha value is 0.210. The van der Waals surface area contributed by atoms with Gasteiger partial charge in [-0.25, -0.2) is 0 Å². The van der Waals surface area contributed by atoms with E-state index in [0.29, 0.717) is 11.8 Å². The quantitative estimate of drug-likeness (QED) is 0.737. The number of aliphatic hydroxyl groups is 1. The molecule has 0 amide bonds. The van der Waals surface area contributed by atoms with E-state index < -0.39 is 0 Å². The highest BCUT2D eigenvalue weighted by molar-refractivity contribution is 6.17. The molecule has 1 aliphatic rings. The Balaban J connectivity index is 2.16. The predicted molar refractivity (Wildman–Crippen MR) is 65.3 cm³/mol. The Morgan fingerprint density at radius 3 is 2.80 bits per heavy atom. The van der Waals surface area contributed by atoms with Crippen LogP contribution >= 0.6 is 11.6 Å². The summed E-state index contributed by atoms with van der Waals surface area (Å²) < 4.78 is 0. The number of aliphatic hydroxyl groups excluding tert-OH is 1. The molecule has 1 fully saturated rings. The fourth-order valence-corrected chi connectivity index (χ4v) is 2.42. The topological polar surface area (TPSA) is 23.5 Å². The molecular weight excluding hydrogens is 210 g/mol. The minimum Gasteiger partial charge on any atom is -0.392 e. The molecule has 0 aromatic carbocycles. The van der Waals surface area contributed by atoms with Crippen molar-refractivity contribution in [2.45, 2.75) is 39.2 Å². The SMILES string of the molecule is CC(CCCl)CCN1CCC(C)C(O)C1. The van der Waals surface area contributed by atoms with Gasteiger partial charge in [0.25, 0.3) is 0 Å². The van der Waals surface area contributed by atoms with Crippen LogP contribution in [0.5, 0.6) is 0 Å². The first-order valence-corrected chi connectivity index (χ1v) is 6.63. The molecule has 1 heterocycles. The average molecular weight is 234 g/mol. The number of hydrogen-bond acceptors (Lipinski definition) is 2. The molecule has 1 rings (SSSR count). The summed E-state index contributed by atoms with van der Waals surface area (Å²) in [5.41, 5.74) is 0. The first-order chi connectivity index (χ1) is 7.13. The highest BCUT2D eigenvalue weighted by atomic mass is 35.5. The second-order valence-electron chi connectivity index (χ2n) is 5.01. The summed E-state index contributed by atoms with van der Waals surface area (Å²) >= 11 is 5.71.